The number of carbonyl (C=O) groups excluding carboxylic acids is 1. The smallest absolute Gasteiger partial charge is 0.410 e. The zero-order chi connectivity index (χ0) is 14.4. The lowest BCUT2D eigenvalue weighted by Crippen LogP contribution is -2.26. The number of hydrogen-bond acceptors (Lipinski definition) is 3. The number of benzene rings is 1. The Morgan fingerprint density at radius 2 is 1.95 bits per heavy atom. The summed E-state index contributed by atoms with van der Waals surface area (Å²) in [6, 6.07) is 13.1. The molecule has 0 N–H and O–H groups in total. The fourth-order valence-electron chi connectivity index (χ4n) is 1.67. The van der Waals surface area contributed by atoms with Gasteiger partial charge < -0.3 is 9.64 Å². The Kier molecular flexibility index (Phi) is 4.96. The number of amides is 1. The van der Waals surface area contributed by atoms with Crippen LogP contribution in [0.5, 0.6) is 0 Å². The minimum atomic E-state index is -0.371. The van der Waals surface area contributed by atoms with Gasteiger partial charge in [0.05, 0.1) is 6.54 Å². The fraction of sp³-hybridized carbons (Fsp3) is 0.200. The van der Waals surface area contributed by atoms with Gasteiger partial charge in [-0.15, -0.1) is 0 Å². The van der Waals surface area contributed by atoms with Gasteiger partial charge in [-0.3, -0.25) is 0 Å². The zero-order valence-electron chi connectivity index (χ0n) is 11.1. The average Bonchev–Trinajstić information content (AvgIpc) is 2.48. The highest BCUT2D eigenvalue weighted by atomic mass is 35.5. The number of carbonyl (C=O) groups is 1. The highest BCUT2D eigenvalue weighted by Crippen LogP contribution is 2.09. The molecule has 104 valence electrons. The van der Waals surface area contributed by atoms with Crippen LogP contribution in [-0.4, -0.2) is 23.0 Å². The number of hydrogen-bond donors (Lipinski definition) is 0. The molecule has 0 fully saturated rings. The van der Waals surface area contributed by atoms with Crippen molar-refractivity contribution in [1.29, 1.82) is 0 Å². The third kappa shape index (κ3) is 4.24. The summed E-state index contributed by atoms with van der Waals surface area (Å²) in [5, 5.41) is 0.433. The number of nitrogens with zero attached hydrogens (tertiary/aromatic N) is 2. The maximum atomic E-state index is 11.8. The summed E-state index contributed by atoms with van der Waals surface area (Å²) in [5.74, 6) is 0. The molecule has 1 heterocycles. The van der Waals surface area contributed by atoms with Crippen molar-refractivity contribution in [2.24, 2.45) is 0 Å². The third-order valence-corrected chi connectivity index (χ3v) is 2.95. The van der Waals surface area contributed by atoms with Crippen molar-refractivity contribution in [3.63, 3.8) is 0 Å². The molecule has 0 aliphatic carbocycles. The first-order valence-corrected chi connectivity index (χ1v) is 6.55. The molecule has 0 aliphatic rings. The van der Waals surface area contributed by atoms with Gasteiger partial charge in [0.15, 0.2) is 0 Å². The average molecular weight is 291 g/mol. The minimum absolute atomic E-state index is 0.267. The normalized spacial score (nSPS) is 10.1. The Labute approximate surface area is 123 Å². The fourth-order valence-corrected chi connectivity index (χ4v) is 1.78. The SMILES string of the molecule is CN(Cc1ccc(Cl)nc1)C(=O)OCc1ccccc1. The van der Waals surface area contributed by atoms with Gasteiger partial charge >= 0.3 is 6.09 Å². The molecule has 0 unspecified atom stereocenters. The second-order valence-electron chi connectivity index (χ2n) is 4.39. The summed E-state index contributed by atoms with van der Waals surface area (Å²) in [7, 11) is 1.68. The van der Waals surface area contributed by atoms with E-state index >= 15 is 0 Å². The Morgan fingerprint density at radius 1 is 1.20 bits per heavy atom. The summed E-state index contributed by atoms with van der Waals surface area (Å²) in [5.41, 5.74) is 1.86. The molecule has 1 aromatic carbocycles. The van der Waals surface area contributed by atoms with Crippen LogP contribution in [0.2, 0.25) is 5.15 Å². The largest absolute Gasteiger partial charge is 0.445 e. The van der Waals surface area contributed by atoms with E-state index in [-0.39, 0.29) is 12.7 Å². The number of aromatic nitrogens is 1. The first-order chi connectivity index (χ1) is 9.65. The van der Waals surface area contributed by atoms with Gasteiger partial charge in [0.2, 0.25) is 0 Å². The summed E-state index contributed by atoms with van der Waals surface area (Å²) in [6.45, 7) is 0.695. The number of halogens is 1. The monoisotopic (exact) mass is 290 g/mol. The van der Waals surface area contributed by atoms with E-state index in [0.29, 0.717) is 11.7 Å². The van der Waals surface area contributed by atoms with E-state index in [1.807, 2.05) is 36.4 Å². The van der Waals surface area contributed by atoms with E-state index in [2.05, 4.69) is 4.98 Å². The molecule has 0 aliphatic heterocycles. The predicted molar refractivity (Wildman–Crippen MR) is 77.3 cm³/mol. The topological polar surface area (TPSA) is 42.4 Å². The van der Waals surface area contributed by atoms with Crippen LogP contribution in [0.25, 0.3) is 0 Å². The molecule has 2 rings (SSSR count). The minimum Gasteiger partial charge on any atom is -0.445 e. The van der Waals surface area contributed by atoms with Crippen molar-refractivity contribution >= 4 is 17.7 Å². The molecule has 0 atom stereocenters. The quantitative estimate of drug-likeness (QED) is 0.809. The number of rotatable bonds is 4. The maximum Gasteiger partial charge on any atom is 0.410 e. The Hall–Kier alpha value is -2.07. The molecule has 0 radical (unpaired) electrons. The van der Waals surface area contributed by atoms with Gasteiger partial charge in [-0.2, -0.15) is 0 Å². The highest BCUT2D eigenvalue weighted by molar-refractivity contribution is 6.29. The first-order valence-electron chi connectivity index (χ1n) is 6.17. The second kappa shape index (κ2) is 6.91. The Bertz CT molecular complexity index is 558. The summed E-state index contributed by atoms with van der Waals surface area (Å²) in [6.07, 6.45) is 1.27. The van der Waals surface area contributed by atoms with E-state index in [9.17, 15) is 4.79 Å². The lowest BCUT2D eigenvalue weighted by atomic mass is 10.2. The maximum absolute atomic E-state index is 11.8. The van der Waals surface area contributed by atoms with Crippen LogP contribution >= 0.6 is 11.6 Å². The number of pyridine rings is 1. The number of ether oxygens (including phenoxy) is 1. The molecule has 0 saturated heterocycles. The van der Waals surface area contributed by atoms with E-state index in [1.54, 1.807) is 19.3 Å². The lowest BCUT2D eigenvalue weighted by molar-refractivity contribution is 0.103. The standard InChI is InChI=1S/C15H15ClN2O2/c1-18(10-13-7-8-14(16)17-9-13)15(19)20-11-12-5-3-2-4-6-12/h2-9H,10-11H2,1H3. The molecular formula is C15H15ClN2O2. The molecule has 5 heteroatoms. The van der Waals surface area contributed by atoms with Gasteiger partial charge in [0, 0.05) is 13.2 Å². The molecule has 1 amide bonds. The summed E-state index contributed by atoms with van der Waals surface area (Å²) in [4.78, 5) is 17.3. The summed E-state index contributed by atoms with van der Waals surface area (Å²) < 4.78 is 5.23. The molecule has 20 heavy (non-hydrogen) atoms. The molecule has 0 bridgehead atoms. The van der Waals surface area contributed by atoms with Crippen LogP contribution in [0, 0.1) is 0 Å². The summed E-state index contributed by atoms with van der Waals surface area (Å²) >= 11 is 5.71. The molecule has 0 saturated carbocycles. The molecule has 1 aromatic heterocycles. The van der Waals surface area contributed by atoms with E-state index < -0.39 is 0 Å². The second-order valence-corrected chi connectivity index (χ2v) is 4.77. The van der Waals surface area contributed by atoms with Crippen LogP contribution in [0.1, 0.15) is 11.1 Å². The molecule has 2 aromatic rings. The van der Waals surface area contributed by atoms with Crippen LogP contribution in [0.3, 0.4) is 0 Å². The van der Waals surface area contributed by atoms with Crippen LogP contribution in [0.4, 0.5) is 4.79 Å². The van der Waals surface area contributed by atoms with Crippen molar-refractivity contribution in [2.75, 3.05) is 7.05 Å². The predicted octanol–water partition coefficient (Wildman–Crippen LogP) is 3.50. The van der Waals surface area contributed by atoms with Crippen molar-refractivity contribution in [1.82, 2.24) is 9.88 Å². The van der Waals surface area contributed by atoms with Crippen molar-refractivity contribution in [3.8, 4) is 0 Å². The van der Waals surface area contributed by atoms with Crippen LogP contribution in [0.15, 0.2) is 48.7 Å². The lowest BCUT2D eigenvalue weighted by Gasteiger charge is -2.16. The Morgan fingerprint density at radius 3 is 2.60 bits per heavy atom. The van der Waals surface area contributed by atoms with Crippen molar-refractivity contribution < 1.29 is 9.53 Å². The first kappa shape index (κ1) is 14.3. The van der Waals surface area contributed by atoms with Crippen molar-refractivity contribution in [3.05, 3.63) is 64.9 Å². The highest BCUT2D eigenvalue weighted by Gasteiger charge is 2.10. The van der Waals surface area contributed by atoms with E-state index in [0.717, 1.165) is 11.1 Å². The zero-order valence-corrected chi connectivity index (χ0v) is 11.9. The van der Waals surface area contributed by atoms with Gasteiger partial charge in [0.1, 0.15) is 11.8 Å². The van der Waals surface area contributed by atoms with E-state index in [1.165, 1.54) is 4.90 Å². The van der Waals surface area contributed by atoms with Crippen LogP contribution in [-0.2, 0) is 17.9 Å². The van der Waals surface area contributed by atoms with Gasteiger partial charge in [-0.05, 0) is 17.2 Å². The molecular weight excluding hydrogens is 276 g/mol. The molecule has 4 nitrogen and oxygen atoms in total. The van der Waals surface area contributed by atoms with Crippen molar-refractivity contribution in [2.45, 2.75) is 13.2 Å². The van der Waals surface area contributed by atoms with Crippen LogP contribution < -0.4 is 0 Å². The van der Waals surface area contributed by atoms with Gasteiger partial charge in [-0.25, -0.2) is 9.78 Å². The van der Waals surface area contributed by atoms with Gasteiger partial charge in [0.25, 0.3) is 0 Å². The molecule has 0 spiro atoms. The van der Waals surface area contributed by atoms with E-state index in [4.69, 9.17) is 16.3 Å². The third-order valence-electron chi connectivity index (χ3n) is 2.73. The Balaban J connectivity index is 1.84. The van der Waals surface area contributed by atoms with Gasteiger partial charge in [-0.1, -0.05) is 48.0 Å².